The van der Waals surface area contributed by atoms with E-state index in [1.54, 1.807) is 30.2 Å². The van der Waals surface area contributed by atoms with Crippen LogP contribution in [0.15, 0.2) is 35.0 Å². The molecule has 1 aliphatic carbocycles. The van der Waals surface area contributed by atoms with Gasteiger partial charge in [-0.25, -0.2) is 4.63 Å². The zero-order valence-electron chi connectivity index (χ0n) is 17.2. The summed E-state index contributed by atoms with van der Waals surface area (Å²) in [6.07, 6.45) is 6.04. The molecule has 1 saturated heterocycles. The number of benzene rings is 1. The van der Waals surface area contributed by atoms with E-state index in [4.69, 9.17) is 16.2 Å². The van der Waals surface area contributed by atoms with Gasteiger partial charge >= 0.3 is 0 Å². The quantitative estimate of drug-likeness (QED) is 0.682. The Morgan fingerprint density at radius 1 is 1.27 bits per heavy atom. The van der Waals surface area contributed by atoms with Crippen LogP contribution in [0.3, 0.4) is 0 Å². The number of likely N-dealkylation sites (tertiary alicyclic amines) is 1. The first-order valence-electron chi connectivity index (χ1n) is 10.1. The van der Waals surface area contributed by atoms with Crippen molar-refractivity contribution in [1.82, 2.24) is 20.1 Å². The van der Waals surface area contributed by atoms with Crippen molar-refractivity contribution in [3.8, 4) is 0 Å². The molecule has 1 atom stereocenters. The van der Waals surface area contributed by atoms with Crippen LogP contribution in [0.25, 0.3) is 6.08 Å². The van der Waals surface area contributed by atoms with E-state index < -0.39 is 0 Å². The average Bonchev–Trinajstić information content (AvgIpc) is 3.29. The predicted octanol–water partition coefficient (Wildman–Crippen LogP) is 3.33. The maximum absolute atomic E-state index is 12.9. The minimum absolute atomic E-state index is 0.00875. The Kier molecular flexibility index (Phi) is 5.64. The largest absolute Gasteiger partial charge is 0.339 e. The van der Waals surface area contributed by atoms with Gasteiger partial charge in [0.05, 0.1) is 6.54 Å². The number of hydrogen-bond donors (Lipinski definition) is 0. The second kappa shape index (κ2) is 8.22. The van der Waals surface area contributed by atoms with E-state index in [9.17, 15) is 9.59 Å². The first kappa shape index (κ1) is 20.6. The summed E-state index contributed by atoms with van der Waals surface area (Å²) in [7, 11) is 1.79. The second-order valence-electron chi connectivity index (χ2n) is 8.32. The van der Waals surface area contributed by atoms with E-state index in [0.717, 1.165) is 24.8 Å². The van der Waals surface area contributed by atoms with Crippen LogP contribution in [0.1, 0.15) is 36.2 Å². The van der Waals surface area contributed by atoms with Gasteiger partial charge in [-0.1, -0.05) is 34.0 Å². The van der Waals surface area contributed by atoms with Crippen LogP contribution in [-0.2, 0) is 16.1 Å². The van der Waals surface area contributed by atoms with Crippen molar-refractivity contribution < 1.29 is 14.2 Å². The number of piperidine rings is 1. The highest BCUT2D eigenvalue weighted by atomic mass is 35.5. The highest BCUT2D eigenvalue weighted by Gasteiger charge is 2.59. The van der Waals surface area contributed by atoms with Gasteiger partial charge in [0.25, 0.3) is 0 Å². The molecule has 2 heterocycles. The maximum atomic E-state index is 12.9. The highest BCUT2D eigenvalue weighted by Crippen LogP contribution is 2.60. The minimum Gasteiger partial charge on any atom is -0.339 e. The van der Waals surface area contributed by atoms with Crippen LogP contribution in [0.2, 0.25) is 5.02 Å². The number of hydrogen-bond acceptors (Lipinski definition) is 5. The van der Waals surface area contributed by atoms with Crippen LogP contribution in [-0.4, -0.2) is 52.1 Å². The summed E-state index contributed by atoms with van der Waals surface area (Å²) >= 11 is 5.89. The van der Waals surface area contributed by atoms with Crippen molar-refractivity contribution >= 4 is 29.5 Å². The topological polar surface area (TPSA) is 79.5 Å². The molecule has 0 radical (unpaired) electrons. The van der Waals surface area contributed by atoms with E-state index in [-0.39, 0.29) is 23.1 Å². The Hall–Kier alpha value is -2.67. The lowest BCUT2D eigenvalue weighted by atomic mass is 9.90. The lowest BCUT2D eigenvalue weighted by Gasteiger charge is -2.32. The Morgan fingerprint density at radius 3 is 2.60 bits per heavy atom. The average molecular weight is 429 g/mol. The van der Waals surface area contributed by atoms with Gasteiger partial charge in [-0.05, 0) is 55.4 Å². The van der Waals surface area contributed by atoms with Crippen molar-refractivity contribution in [1.29, 1.82) is 0 Å². The van der Waals surface area contributed by atoms with E-state index in [1.807, 2.05) is 30.0 Å². The molecular formula is C22H25ClN4O3. The molecule has 0 bridgehead atoms. The summed E-state index contributed by atoms with van der Waals surface area (Å²) in [4.78, 5) is 29.0. The number of aromatic nitrogens is 2. The molecule has 4 rings (SSSR count). The number of rotatable bonds is 5. The van der Waals surface area contributed by atoms with Crippen molar-refractivity contribution in [2.24, 2.45) is 11.3 Å². The highest BCUT2D eigenvalue weighted by molar-refractivity contribution is 6.30. The summed E-state index contributed by atoms with van der Waals surface area (Å²) in [5.41, 5.74) is 2.38. The molecule has 1 aromatic heterocycles. The van der Waals surface area contributed by atoms with Gasteiger partial charge in [0.1, 0.15) is 11.4 Å². The number of nitrogens with zero attached hydrogens (tertiary/aromatic N) is 4. The number of carbonyl (C=O) groups is 2. The van der Waals surface area contributed by atoms with Gasteiger partial charge in [0.2, 0.25) is 11.8 Å². The zero-order chi connectivity index (χ0) is 21.3. The zero-order valence-corrected chi connectivity index (χ0v) is 17.9. The summed E-state index contributed by atoms with van der Waals surface area (Å²) in [6.45, 7) is 3.59. The van der Waals surface area contributed by atoms with Gasteiger partial charge in [0.15, 0.2) is 0 Å². The molecule has 2 aromatic rings. The van der Waals surface area contributed by atoms with E-state index in [2.05, 4.69) is 10.3 Å². The predicted molar refractivity (Wildman–Crippen MR) is 112 cm³/mol. The third-order valence-corrected chi connectivity index (χ3v) is 6.61. The Labute approximate surface area is 180 Å². The Bertz CT molecular complexity index is 961. The molecule has 1 aromatic carbocycles. The number of amides is 2. The molecule has 7 nitrogen and oxygen atoms in total. The molecule has 1 aliphatic heterocycles. The van der Waals surface area contributed by atoms with Crippen LogP contribution in [0.5, 0.6) is 0 Å². The van der Waals surface area contributed by atoms with E-state index in [1.165, 1.54) is 0 Å². The van der Waals surface area contributed by atoms with Crippen LogP contribution >= 0.6 is 11.6 Å². The fourth-order valence-electron chi connectivity index (χ4n) is 4.23. The van der Waals surface area contributed by atoms with Crippen molar-refractivity contribution in [2.45, 2.75) is 32.7 Å². The maximum Gasteiger partial charge on any atom is 0.246 e. The summed E-state index contributed by atoms with van der Waals surface area (Å²) in [6, 6.07) is 7.37. The summed E-state index contributed by atoms with van der Waals surface area (Å²) in [5, 5.41) is 8.29. The summed E-state index contributed by atoms with van der Waals surface area (Å²) in [5.74, 6) is 0.179. The second-order valence-corrected chi connectivity index (χ2v) is 8.76. The smallest absolute Gasteiger partial charge is 0.246 e. The monoisotopic (exact) mass is 428 g/mol. The number of aryl methyl sites for hydroxylation is 1. The molecule has 30 heavy (non-hydrogen) atoms. The molecule has 0 N–H and O–H groups in total. The molecule has 2 amide bonds. The van der Waals surface area contributed by atoms with Gasteiger partial charge < -0.3 is 9.80 Å². The van der Waals surface area contributed by atoms with Crippen molar-refractivity contribution in [3.05, 3.63) is 52.3 Å². The lowest BCUT2D eigenvalue weighted by Crippen LogP contribution is -2.40. The van der Waals surface area contributed by atoms with Crippen LogP contribution in [0.4, 0.5) is 0 Å². The van der Waals surface area contributed by atoms with Gasteiger partial charge in [-0.2, -0.15) is 0 Å². The van der Waals surface area contributed by atoms with E-state index in [0.29, 0.717) is 36.0 Å². The van der Waals surface area contributed by atoms with E-state index >= 15 is 0 Å². The Balaban J connectivity index is 1.28. The molecule has 158 valence electrons. The first-order valence-corrected chi connectivity index (χ1v) is 10.5. The number of carbonyl (C=O) groups excluding carboxylic acids is 2. The molecular weight excluding hydrogens is 404 g/mol. The normalized spacial score (nSPS) is 20.0. The third-order valence-electron chi connectivity index (χ3n) is 6.36. The van der Waals surface area contributed by atoms with Crippen molar-refractivity contribution in [3.63, 3.8) is 0 Å². The summed E-state index contributed by atoms with van der Waals surface area (Å²) < 4.78 is 4.71. The molecule has 1 spiro atoms. The van der Waals surface area contributed by atoms with Gasteiger partial charge in [-0.3, -0.25) is 9.59 Å². The molecule has 8 heteroatoms. The van der Waals surface area contributed by atoms with Gasteiger partial charge in [0, 0.05) is 37.2 Å². The standard InChI is InChI=1S/C22H25ClN4O3/c1-15-19(25-30-24-15)14-26(2)21(29)18-13-22(18)9-11-27(12-10-22)20(28)8-5-16-3-6-17(23)7-4-16/h3-8,18H,9-14H2,1-2H3/b8-5+. The van der Waals surface area contributed by atoms with Crippen LogP contribution in [0, 0.1) is 18.3 Å². The molecule has 2 fully saturated rings. The molecule has 1 saturated carbocycles. The molecule has 1 unspecified atom stereocenters. The van der Waals surface area contributed by atoms with Gasteiger partial charge in [-0.15, -0.1) is 0 Å². The lowest BCUT2D eigenvalue weighted by molar-refractivity contribution is -0.133. The Morgan fingerprint density at radius 2 is 1.97 bits per heavy atom. The fourth-order valence-corrected chi connectivity index (χ4v) is 4.36. The minimum atomic E-state index is 0.00875. The SMILES string of the molecule is Cc1nonc1CN(C)C(=O)C1CC12CCN(C(=O)/C=C/c1ccc(Cl)cc1)CC2. The first-order chi connectivity index (χ1) is 14.4. The molecule has 2 aliphatic rings. The van der Waals surface area contributed by atoms with Crippen molar-refractivity contribution in [2.75, 3.05) is 20.1 Å². The fraction of sp³-hybridized carbons (Fsp3) is 0.455. The van der Waals surface area contributed by atoms with Crippen LogP contribution < -0.4 is 0 Å². The third kappa shape index (κ3) is 4.26. The number of halogens is 1.